The highest BCUT2D eigenvalue weighted by atomic mass is 79.9. The third-order valence-corrected chi connectivity index (χ3v) is 8.74. The highest BCUT2D eigenvalue weighted by Crippen LogP contribution is 2.36. The molecule has 0 bridgehead atoms. The summed E-state index contributed by atoms with van der Waals surface area (Å²) in [4.78, 5) is 20.2. The average Bonchev–Trinajstić information content (AvgIpc) is 3.18. The van der Waals surface area contributed by atoms with E-state index in [0.717, 1.165) is 44.6 Å². The number of para-hydroxylation sites is 1. The molecule has 124 valence electrons. The average molecular weight is 486 g/mol. The van der Waals surface area contributed by atoms with E-state index in [2.05, 4.69) is 50.1 Å². The van der Waals surface area contributed by atoms with Gasteiger partial charge in [0.25, 0.3) is 5.91 Å². The molecule has 1 aromatic carbocycles. The van der Waals surface area contributed by atoms with E-state index < -0.39 is 0 Å². The van der Waals surface area contributed by atoms with Gasteiger partial charge in [-0.2, -0.15) is 0 Å². The molecular weight excluding hydrogens is 472 g/mol. The Morgan fingerprint density at radius 1 is 1.17 bits per heavy atom. The van der Waals surface area contributed by atoms with Crippen LogP contribution in [-0.4, -0.2) is 28.9 Å². The molecule has 2 aromatic heterocycles. The summed E-state index contributed by atoms with van der Waals surface area (Å²) in [6.07, 6.45) is 1.97. The highest BCUT2D eigenvalue weighted by molar-refractivity contribution is 9.13. The van der Waals surface area contributed by atoms with Crippen LogP contribution in [0.2, 0.25) is 0 Å². The van der Waals surface area contributed by atoms with Gasteiger partial charge in [0.1, 0.15) is 0 Å². The van der Waals surface area contributed by atoms with Crippen molar-refractivity contribution in [3.8, 4) is 0 Å². The Bertz CT molecular complexity index is 845. The molecule has 0 aliphatic carbocycles. The molecule has 3 heterocycles. The molecule has 1 amide bonds. The number of nitrogens with zero attached hydrogens (tertiary/aromatic N) is 2. The lowest BCUT2D eigenvalue weighted by Crippen LogP contribution is -2.37. The summed E-state index contributed by atoms with van der Waals surface area (Å²) < 4.78 is 3.16. The van der Waals surface area contributed by atoms with E-state index in [1.165, 1.54) is 21.0 Å². The Labute approximate surface area is 165 Å². The van der Waals surface area contributed by atoms with Crippen molar-refractivity contribution in [2.75, 3.05) is 13.1 Å². The molecule has 0 atom stereocenters. The molecule has 4 rings (SSSR count). The van der Waals surface area contributed by atoms with Crippen molar-refractivity contribution in [3.63, 3.8) is 0 Å². The zero-order chi connectivity index (χ0) is 16.7. The van der Waals surface area contributed by atoms with E-state index in [-0.39, 0.29) is 5.91 Å². The third kappa shape index (κ3) is 3.19. The van der Waals surface area contributed by atoms with E-state index >= 15 is 0 Å². The lowest BCUT2D eigenvalue weighted by Gasteiger charge is -2.30. The molecule has 0 unspecified atom stereocenters. The maximum Gasteiger partial charge on any atom is 0.264 e. The second-order valence-electron chi connectivity index (χ2n) is 5.82. The fourth-order valence-electron chi connectivity index (χ4n) is 3.00. The van der Waals surface area contributed by atoms with Crippen molar-refractivity contribution < 1.29 is 4.79 Å². The van der Waals surface area contributed by atoms with Gasteiger partial charge < -0.3 is 4.90 Å². The smallest absolute Gasteiger partial charge is 0.264 e. The van der Waals surface area contributed by atoms with Gasteiger partial charge in [-0.25, -0.2) is 4.98 Å². The molecular formula is C17H14Br2N2OS2. The fraction of sp³-hybridized carbons (Fsp3) is 0.294. The Morgan fingerprint density at radius 3 is 2.58 bits per heavy atom. The Kier molecular flexibility index (Phi) is 4.77. The van der Waals surface area contributed by atoms with Crippen LogP contribution in [0, 0.1) is 0 Å². The summed E-state index contributed by atoms with van der Waals surface area (Å²) in [5.41, 5.74) is 1.09. The number of piperidine rings is 1. The molecule has 1 saturated heterocycles. The first-order valence-electron chi connectivity index (χ1n) is 7.71. The Morgan fingerprint density at radius 2 is 1.92 bits per heavy atom. The zero-order valence-corrected chi connectivity index (χ0v) is 17.5. The topological polar surface area (TPSA) is 33.2 Å². The molecule has 1 aliphatic heterocycles. The first kappa shape index (κ1) is 16.7. The van der Waals surface area contributed by atoms with Crippen LogP contribution in [0.25, 0.3) is 10.2 Å². The molecule has 3 aromatic rings. The Hall–Kier alpha value is -0.760. The van der Waals surface area contributed by atoms with E-state index in [9.17, 15) is 4.79 Å². The normalized spacial score (nSPS) is 16.0. The summed E-state index contributed by atoms with van der Waals surface area (Å²) in [5, 5.41) is 1.21. The SMILES string of the molecule is O=C(c1cc(Br)c(Br)s1)N1CCC(c2nc3ccccc3s2)CC1. The number of carbonyl (C=O) groups is 1. The van der Waals surface area contributed by atoms with E-state index in [1.807, 2.05) is 17.0 Å². The van der Waals surface area contributed by atoms with Crippen LogP contribution >= 0.6 is 54.5 Å². The fourth-order valence-corrected chi connectivity index (χ4v) is 6.14. The van der Waals surface area contributed by atoms with E-state index in [0.29, 0.717) is 5.92 Å². The van der Waals surface area contributed by atoms with Gasteiger partial charge in [-0.15, -0.1) is 22.7 Å². The number of hydrogen-bond donors (Lipinski definition) is 0. The van der Waals surface area contributed by atoms with Crippen LogP contribution in [0.1, 0.15) is 33.4 Å². The van der Waals surface area contributed by atoms with Gasteiger partial charge in [0, 0.05) is 23.5 Å². The molecule has 0 saturated carbocycles. The second-order valence-corrected chi connectivity index (χ2v) is 10.1. The highest BCUT2D eigenvalue weighted by Gasteiger charge is 2.27. The maximum absolute atomic E-state index is 12.6. The molecule has 1 fully saturated rings. The molecule has 0 radical (unpaired) electrons. The second kappa shape index (κ2) is 6.86. The van der Waals surface area contributed by atoms with Gasteiger partial charge in [-0.1, -0.05) is 12.1 Å². The first-order valence-corrected chi connectivity index (χ1v) is 10.9. The molecule has 1 aliphatic rings. The van der Waals surface area contributed by atoms with Gasteiger partial charge >= 0.3 is 0 Å². The van der Waals surface area contributed by atoms with E-state index in [4.69, 9.17) is 4.98 Å². The van der Waals surface area contributed by atoms with Crippen LogP contribution in [0.3, 0.4) is 0 Å². The summed E-state index contributed by atoms with van der Waals surface area (Å²) in [5.74, 6) is 0.599. The predicted octanol–water partition coefficient (Wildman–Crippen LogP) is 5.90. The third-order valence-electron chi connectivity index (χ3n) is 4.30. The minimum atomic E-state index is 0.133. The molecule has 24 heavy (non-hydrogen) atoms. The number of halogens is 2. The van der Waals surface area contributed by atoms with Gasteiger partial charge in [-0.3, -0.25) is 4.79 Å². The predicted molar refractivity (Wildman–Crippen MR) is 107 cm³/mol. The standard InChI is InChI=1S/C17H14Br2N2OS2/c18-11-9-14(23-15(11)19)17(22)21-7-5-10(6-8-21)16-20-12-3-1-2-4-13(12)24-16/h1-4,9-10H,5-8H2. The van der Waals surface area contributed by atoms with Crippen molar-refractivity contribution in [2.24, 2.45) is 0 Å². The van der Waals surface area contributed by atoms with Crippen molar-refractivity contribution in [2.45, 2.75) is 18.8 Å². The summed E-state index contributed by atoms with van der Waals surface area (Å²) in [6, 6.07) is 10.2. The number of hydrogen-bond acceptors (Lipinski definition) is 4. The Balaban J connectivity index is 1.45. The molecule has 0 spiro atoms. The van der Waals surface area contributed by atoms with Crippen molar-refractivity contribution in [1.82, 2.24) is 9.88 Å². The van der Waals surface area contributed by atoms with Crippen LogP contribution in [-0.2, 0) is 0 Å². The first-order chi connectivity index (χ1) is 11.6. The number of thiazole rings is 1. The number of aromatic nitrogens is 1. The van der Waals surface area contributed by atoms with E-state index in [1.54, 1.807) is 11.3 Å². The van der Waals surface area contributed by atoms with Crippen molar-refractivity contribution >= 4 is 70.7 Å². The van der Waals surface area contributed by atoms with Gasteiger partial charge in [0.2, 0.25) is 0 Å². The molecule has 3 nitrogen and oxygen atoms in total. The number of amides is 1. The lowest BCUT2D eigenvalue weighted by molar-refractivity contribution is 0.0718. The van der Waals surface area contributed by atoms with Crippen LogP contribution < -0.4 is 0 Å². The van der Waals surface area contributed by atoms with Crippen LogP contribution in [0.4, 0.5) is 0 Å². The number of rotatable bonds is 2. The molecule has 7 heteroatoms. The maximum atomic E-state index is 12.6. The minimum Gasteiger partial charge on any atom is -0.338 e. The minimum absolute atomic E-state index is 0.133. The largest absolute Gasteiger partial charge is 0.338 e. The number of thiophene rings is 1. The van der Waals surface area contributed by atoms with Gasteiger partial charge in [-0.05, 0) is 62.9 Å². The van der Waals surface area contributed by atoms with Gasteiger partial charge in [0.15, 0.2) is 0 Å². The number of carbonyl (C=O) groups excluding carboxylic acids is 1. The molecule has 0 N–H and O–H groups in total. The monoisotopic (exact) mass is 484 g/mol. The van der Waals surface area contributed by atoms with Crippen molar-refractivity contribution in [1.29, 1.82) is 0 Å². The zero-order valence-electron chi connectivity index (χ0n) is 12.7. The number of benzene rings is 1. The lowest BCUT2D eigenvalue weighted by atomic mass is 9.97. The van der Waals surface area contributed by atoms with Crippen LogP contribution in [0.5, 0.6) is 0 Å². The summed E-state index contributed by atoms with van der Waals surface area (Å²) in [6.45, 7) is 1.60. The van der Waals surface area contributed by atoms with Crippen LogP contribution in [0.15, 0.2) is 38.6 Å². The summed E-state index contributed by atoms with van der Waals surface area (Å²) in [7, 11) is 0. The summed E-state index contributed by atoms with van der Waals surface area (Å²) >= 11 is 10.2. The quantitative estimate of drug-likeness (QED) is 0.452. The van der Waals surface area contributed by atoms with Gasteiger partial charge in [0.05, 0.1) is 23.9 Å². The van der Waals surface area contributed by atoms with Crippen molar-refractivity contribution in [3.05, 3.63) is 48.5 Å². The number of fused-ring (bicyclic) bond motifs is 1. The number of likely N-dealkylation sites (tertiary alicyclic amines) is 1.